The van der Waals surface area contributed by atoms with Crippen molar-refractivity contribution in [2.45, 2.75) is 37.3 Å². The quantitative estimate of drug-likeness (QED) is 0.703. The van der Waals surface area contributed by atoms with E-state index in [1.807, 2.05) is 13.0 Å². The summed E-state index contributed by atoms with van der Waals surface area (Å²) >= 11 is 7.28. The summed E-state index contributed by atoms with van der Waals surface area (Å²) in [5.74, 6) is -0.448. The van der Waals surface area contributed by atoms with Crippen LogP contribution in [-0.2, 0) is 10.0 Å². The lowest BCUT2D eigenvalue weighted by molar-refractivity contribution is -0.0498. The molecule has 0 aliphatic carbocycles. The van der Waals surface area contributed by atoms with Crippen molar-refractivity contribution in [1.82, 2.24) is 9.62 Å². The standard InChI is InChI=1S/C18H19ClF2N2O4S2/c1-11-2-5-16(28-11)17(24)22-12-6-8-23(9-7-12)29(25,26)13-3-4-15(14(19)10-13)27-18(20)21/h2-5,10,12,18H,6-9H2,1H3,(H,22,24). The lowest BCUT2D eigenvalue weighted by atomic mass is 10.1. The van der Waals surface area contributed by atoms with Crippen LogP contribution in [0.1, 0.15) is 27.4 Å². The maximum Gasteiger partial charge on any atom is 0.387 e. The number of carbonyl (C=O) groups excluding carboxylic acids is 1. The van der Waals surface area contributed by atoms with Crippen LogP contribution in [0.3, 0.4) is 0 Å². The number of hydrogen-bond acceptors (Lipinski definition) is 5. The summed E-state index contributed by atoms with van der Waals surface area (Å²) in [5, 5.41) is 2.73. The van der Waals surface area contributed by atoms with E-state index in [1.54, 1.807) is 6.07 Å². The van der Waals surface area contributed by atoms with Gasteiger partial charge in [0.2, 0.25) is 10.0 Å². The Labute approximate surface area is 176 Å². The number of nitrogens with zero attached hydrogens (tertiary/aromatic N) is 1. The van der Waals surface area contributed by atoms with Crippen LogP contribution in [-0.4, -0.2) is 44.4 Å². The molecule has 1 N–H and O–H groups in total. The number of piperidine rings is 1. The monoisotopic (exact) mass is 464 g/mol. The number of amides is 1. The van der Waals surface area contributed by atoms with Gasteiger partial charge < -0.3 is 10.1 Å². The first kappa shape index (κ1) is 21.9. The Hall–Kier alpha value is -1.75. The number of carbonyl (C=O) groups is 1. The highest BCUT2D eigenvalue weighted by atomic mass is 35.5. The maximum atomic E-state index is 12.8. The number of rotatable bonds is 6. The smallest absolute Gasteiger partial charge is 0.387 e. The number of thiophene rings is 1. The van der Waals surface area contributed by atoms with Crippen LogP contribution in [0.4, 0.5) is 8.78 Å². The molecule has 3 rings (SSSR count). The summed E-state index contributed by atoms with van der Waals surface area (Å²) in [5.41, 5.74) is 0. The number of ether oxygens (including phenoxy) is 1. The molecule has 2 heterocycles. The Morgan fingerprint density at radius 1 is 1.28 bits per heavy atom. The molecular weight excluding hydrogens is 446 g/mol. The molecule has 6 nitrogen and oxygen atoms in total. The van der Waals surface area contributed by atoms with Gasteiger partial charge in [-0.2, -0.15) is 13.1 Å². The highest BCUT2D eigenvalue weighted by molar-refractivity contribution is 7.89. The molecule has 0 atom stereocenters. The van der Waals surface area contributed by atoms with E-state index in [4.69, 9.17) is 11.6 Å². The van der Waals surface area contributed by atoms with Crippen molar-refractivity contribution in [3.63, 3.8) is 0 Å². The first-order valence-electron chi connectivity index (χ1n) is 8.78. The second-order valence-electron chi connectivity index (χ2n) is 6.53. The van der Waals surface area contributed by atoms with Gasteiger partial charge in [0.25, 0.3) is 5.91 Å². The lowest BCUT2D eigenvalue weighted by Gasteiger charge is -2.31. The van der Waals surface area contributed by atoms with Crippen LogP contribution >= 0.6 is 22.9 Å². The van der Waals surface area contributed by atoms with Crippen molar-refractivity contribution in [2.75, 3.05) is 13.1 Å². The molecule has 1 amide bonds. The molecule has 1 aliphatic heterocycles. The SMILES string of the molecule is Cc1ccc(C(=O)NC2CCN(S(=O)(=O)c3ccc(OC(F)F)c(Cl)c3)CC2)s1. The van der Waals surface area contributed by atoms with Crippen LogP contribution in [0.5, 0.6) is 5.75 Å². The molecule has 1 saturated heterocycles. The van der Waals surface area contributed by atoms with Gasteiger partial charge in [0.1, 0.15) is 5.75 Å². The molecule has 1 fully saturated rings. The molecule has 1 aliphatic rings. The van der Waals surface area contributed by atoms with Crippen LogP contribution in [0.25, 0.3) is 0 Å². The molecule has 29 heavy (non-hydrogen) atoms. The summed E-state index contributed by atoms with van der Waals surface area (Å²) in [6.45, 7) is -0.682. The van der Waals surface area contributed by atoms with Gasteiger partial charge in [-0.15, -0.1) is 11.3 Å². The predicted molar refractivity (Wildman–Crippen MR) is 106 cm³/mol. The van der Waals surface area contributed by atoms with Crippen LogP contribution < -0.4 is 10.1 Å². The minimum Gasteiger partial charge on any atom is -0.433 e. The van der Waals surface area contributed by atoms with Gasteiger partial charge in [-0.3, -0.25) is 4.79 Å². The number of halogens is 3. The lowest BCUT2D eigenvalue weighted by Crippen LogP contribution is -2.46. The molecule has 0 saturated carbocycles. The second kappa shape index (κ2) is 8.95. The Kier molecular flexibility index (Phi) is 6.77. The van der Waals surface area contributed by atoms with Gasteiger partial charge in [0, 0.05) is 24.0 Å². The van der Waals surface area contributed by atoms with E-state index in [2.05, 4.69) is 10.1 Å². The molecule has 0 radical (unpaired) electrons. The largest absolute Gasteiger partial charge is 0.433 e. The van der Waals surface area contributed by atoms with Crippen LogP contribution in [0, 0.1) is 6.92 Å². The summed E-state index contributed by atoms with van der Waals surface area (Å²) in [4.78, 5) is 13.8. The topological polar surface area (TPSA) is 75.7 Å². The molecule has 0 bridgehead atoms. The van der Waals surface area contributed by atoms with Gasteiger partial charge in [0.05, 0.1) is 14.8 Å². The Morgan fingerprint density at radius 2 is 1.97 bits per heavy atom. The molecule has 0 unspecified atom stereocenters. The van der Waals surface area contributed by atoms with Crippen molar-refractivity contribution in [2.24, 2.45) is 0 Å². The highest BCUT2D eigenvalue weighted by Crippen LogP contribution is 2.30. The zero-order valence-electron chi connectivity index (χ0n) is 15.4. The van der Waals surface area contributed by atoms with Gasteiger partial charge in [0.15, 0.2) is 0 Å². The zero-order chi connectivity index (χ0) is 21.2. The van der Waals surface area contributed by atoms with Crippen molar-refractivity contribution < 1.29 is 26.7 Å². The minimum atomic E-state index is -3.84. The molecule has 1 aromatic heterocycles. The first-order chi connectivity index (χ1) is 13.7. The summed E-state index contributed by atoms with van der Waals surface area (Å²) in [6, 6.07) is 6.91. The van der Waals surface area contributed by atoms with E-state index in [9.17, 15) is 22.0 Å². The molecule has 0 spiro atoms. The van der Waals surface area contributed by atoms with Gasteiger partial charge in [-0.05, 0) is 50.1 Å². The van der Waals surface area contributed by atoms with Crippen molar-refractivity contribution in [3.8, 4) is 5.75 Å². The fourth-order valence-corrected chi connectivity index (χ4v) is 5.59. The molecule has 11 heteroatoms. The number of aryl methyl sites for hydroxylation is 1. The predicted octanol–water partition coefficient (Wildman–Crippen LogP) is 3.89. The van der Waals surface area contributed by atoms with E-state index in [-0.39, 0.29) is 40.7 Å². The number of sulfonamides is 1. The third kappa shape index (κ3) is 5.25. The third-order valence-corrected chi connectivity index (χ3v) is 7.70. The van der Waals surface area contributed by atoms with E-state index >= 15 is 0 Å². The molecule has 2 aromatic rings. The van der Waals surface area contributed by atoms with E-state index < -0.39 is 16.6 Å². The maximum absolute atomic E-state index is 12.8. The summed E-state index contributed by atoms with van der Waals surface area (Å²) < 4.78 is 55.8. The van der Waals surface area contributed by atoms with Crippen molar-refractivity contribution in [3.05, 3.63) is 45.1 Å². The van der Waals surface area contributed by atoms with Gasteiger partial charge in [-0.25, -0.2) is 8.42 Å². The Bertz CT molecular complexity index is 989. The average molecular weight is 465 g/mol. The average Bonchev–Trinajstić information content (AvgIpc) is 3.10. The fourth-order valence-electron chi connectivity index (χ4n) is 3.04. The van der Waals surface area contributed by atoms with Gasteiger partial charge in [-0.1, -0.05) is 11.6 Å². The zero-order valence-corrected chi connectivity index (χ0v) is 17.8. The van der Waals surface area contributed by atoms with E-state index in [1.165, 1.54) is 21.7 Å². The molecule has 1 aromatic carbocycles. The highest BCUT2D eigenvalue weighted by Gasteiger charge is 2.30. The van der Waals surface area contributed by atoms with E-state index in [0.717, 1.165) is 17.0 Å². The minimum absolute atomic E-state index is 0.0966. The number of benzene rings is 1. The van der Waals surface area contributed by atoms with E-state index in [0.29, 0.717) is 17.7 Å². The van der Waals surface area contributed by atoms with Crippen LogP contribution in [0.2, 0.25) is 5.02 Å². The summed E-state index contributed by atoms with van der Waals surface area (Å²) in [6.07, 6.45) is 0.936. The van der Waals surface area contributed by atoms with Gasteiger partial charge >= 0.3 is 6.61 Å². The number of nitrogens with one attached hydrogen (secondary N) is 1. The normalized spacial score (nSPS) is 16.2. The third-order valence-electron chi connectivity index (χ3n) is 4.51. The van der Waals surface area contributed by atoms with Crippen LogP contribution in [0.15, 0.2) is 35.2 Å². The Balaban J connectivity index is 1.62. The summed E-state index contributed by atoms with van der Waals surface area (Å²) in [7, 11) is -3.84. The van der Waals surface area contributed by atoms with Crippen molar-refractivity contribution in [1.29, 1.82) is 0 Å². The van der Waals surface area contributed by atoms with Crippen molar-refractivity contribution >= 4 is 38.9 Å². The molecular formula is C18H19ClF2N2O4S2. The number of alkyl halides is 2. The molecule has 158 valence electrons. The first-order valence-corrected chi connectivity index (χ1v) is 11.4. The fraction of sp³-hybridized carbons (Fsp3) is 0.389. The second-order valence-corrected chi connectivity index (χ2v) is 10.2. The number of hydrogen-bond donors (Lipinski definition) is 1. The Morgan fingerprint density at radius 3 is 2.52 bits per heavy atom.